The van der Waals surface area contributed by atoms with E-state index in [2.05, 4.69) is 51.9 Å². The van der Waals surface area contributed by atoms with Crippen LogP contribution in [0.3, 0.4) is 0 Å². The second kappa shape index (κ2) is 10.7. The molecule has 0 bridgehead atoms. The van der Waals surface area contributed by atoms with Crippen LogP contribution in [0.4, 0.5) is 0 Å². The van der Waals surface area contributed by atoms with Crippen molar-refractivity contribution in [1.82, 2.24) is 15.5 Å². The summed E-state index contributed by atoms with van der Waals surface area (Å²) in [6.45, 7) is 6.64. The summed E-state index contributed by atoms with van der Waals surface area (Å²) in [4.78, 5) is 8.17. The van der Waals surface area contributed by atoms with Gasteiger partial charge in [0.2, 0.25) is 0 Å². The van der Waals surface area contributed by atoms with Crippen LogP contribution in [0.15, 0.2) is 28.1 Å². The highest BCUT2D eigenvalue weighted by atomic mass is 32.2. The number of nitrogens with zero attached hydrogens (tertiary/aromatic N) is 2. The first-order valence-electron chi connectivity index (χ1n) is 8.99. The van der Waals surface area contributed by atoms with Crippen molar-refractivity contribution in [3.63, 3.8) is 0 Å². The van der Waals surface area contributed by atoms with Crippen molar-refractivity contribution < 1.29 is 4.74 Å². The summed E-state index contributed by atoms with van der Waals surface area (Å²) < 4.78 is 5.22. The van der Waals surface area contributed by atoms with Crippen molar-refractivity contribution in [2.45, 2.75) is 37.2 Å². The quantitative estimate of drug-likeness (QED) is 0.379. The Bertz CT molecular complexity index is 560. The molecule has 25 heavy (non-hydrogen) atoms. The molecule has 2 N–H and O–H groups in total. The summed E-state index contributed by atoms with van der Waals surface area (Å²) in [7, 11) is 3.59. The monoisotopic (exact) mass is 364 g/mol. The average molecular weight is 365 g/mol. The summed E-state index contributed by atoms with van der Waals surface area (Å²) >= 11 is 1.79. The van der Waals surface area contributed by atoms with Gasteiger partial charge in [0, 0.05) is 51.3 Å². The highest BCUT2D eigenvalue weighted by Gasteiger charge is 2.28. The predicted octanol–water partition coefficient (Wildman–Crippen LogP) is 2.49. The number of guanidine groups is 1. The third-order valence-corrected chi connectivity index (χ3v) is 5.27. The number of benzene rings is 1. The van der Waals surface area contributed by atoms with Gasteiger partial charge >= 0.3 is 0 Å². The number of aryl methyl sites for hydroxylation is 1. The normalized spacial score (nSPS) is 14.8. The van der Waals surface area contributed by atoms with Crippen molar-refractivity contribution in [2.24, 2.45) is 4.99 Å². The molecule has 1 aromatic carbocycles. The minimum absolute atomic E-state index is 0.753. The Morgan fingerprint density at radius 1 is 1.32 bits per heavy atom. The van der Waals surface area contributed by atoms with Gasteiger partial charge in [-0.05, 0) is 43.2 Å². The van der Waals surface area contributed by atoms with Crippen LogP contribution in [0.2, 0.25) is 0 Å². The molecule has 6 heteroatoms. The van der Waals surface area contributed by atoms with E-state index in [4.69, 9.17) is 4.74 Å². The molecular formula is C19H32N4OS. The predicted molar refractivity (Wildman–Crippen MR) is 108 cm³/mol. The molecule has 0 saturated heterocycles. The molecule has 1 saturated carbocycles. The Hall–Kier alpha value is -1.24. The van der Waals surface area contributed by atoms with Gasteiger partial charge in [-0.25, -0.2) is 0 Å². The average Bonchev–Trinajstić information content (AvgIpc) is 3.46. The third kappa shape index (κ3) is 6.88. The molecule has 140 valence electrons. The number of ether oxygens (including phenoxy) is 1. The minimum atomic E-state index is 0.753. The van der Waals surface area contributed by atoms with Crippen molar-refractivity contribution in [1.29, 1.82) is 0 Å². The van der Waals surface area contributed by atoms with Gasteiger partial charge in [-0.3, -0.25) is 9.89 Å². The van der Waals surface area contributed by atoms with Crippen LogP contribution in [0.5, 0.6) is 0 Å². The fourth-order valence-electron chi connectivity index (χ4n) is 2.84. The lowest BCUT2D eigenvalue weighted by Gasteiger charge is -2.22. The molecule has 1 fully saturated rings. The SMILES string of the molecule is CN=C(NCCN(CCOC)C1CC1)NCc1ccc(C)cc1SC. The molecule has 0 amide bonds. The molecule has 0 atom stereocenters. The molecule has 0 radical (unpaired) electrons. The van der Waals surface area contributed by atoms with E-state index in [1.807, 2.05) is 7.05 Å². The lowest BCUT2D eigenvalue weighted by atomic mass is 10.1. The Balaban J connectivity index is 1.77. The van der Waals surface area contributed by atoms with E-state index in [0.717, 1.165) is 44.8 Å². The first-order valence-corrected chi connectivity index (χ1v) is 10.2. The standard InChI is InChI=1S/C19H32N4OS/c1-15-5-6-16(18(13-15)25-4)14-22-19(20-2)21-9-10-23(11-12-24-3)17-7-8-17/h5-6,13,17H,7-12,14H2,1-4H3,(H2,20,21,22). The summed E-state index contributed by atoms with van der Waals surface area (Å²) in [5.41, 5.74) is 2.60. The van der Waals surface area contributed by atoms with Gasteiger partial charge in [-0.15, -0.1) is 11.8 Å². The number of methoxy groups -OCH3 is 1. The molecule has 1 aliphatic carbocycles. The van der Waals surface area contributed by atoms with E-state index in [1.165, 1.54) is 28.9 Å². The Kier molecular flexibility index (Phi) is 8.58. The van der Waals surface area contributed by atoms with Crippen molar-refractivity contribution in [3.05, 3.63) is 29.3 Å². The third-order valence-electron chi connectivity index (χ3n) is 4.45. The lowest BCUT2D eigenvalue weighted by Crippen LogP contribution is -2.42. The fourth-order valence-corrected chi connectivity index (χ4v) is 3.55. The van der Waals surface area contributed by atoms with Crippen molar-refractivity contribution in [3.8, 4) is 0 Å². The Labute approximate surface area is 156 Å². The summed E-state index contributed by atoms with van der Waals surface area (Å²) in [5.74, 6) is 0.857. The highest BCUT2D eigenvalue weighted by molar-refractivity contribution is 7.98. The number of hydrogen-bond donors (Lipinski definition) is 2. The number of rotatable bonds is 10. The molecule has 1 aromatic rings. The summed E-state index contributed by atoms with van der Waals surface area (Å²) in [6.07, 6.45) is 4.76. The maximum Gasteiger partial charge on any atom is 0.191 e. The zero-order valence-corrected chi connectivity index (χ0v) is 16.8. The summed E-state index contributed by atoms with van der Waals surface area (Å²) in [5, 5.41) is 6.85. The molecule has 0 unspecified atom stereocenters. The Morgan fingerprint density at radius 3 is 2.76 bits per heavy atom. The van der Waals surface area contributed by atoms with Crippen molar-refractivity contribution >= 4 is 17.7 Å². The topological polar surface area (TPSA) is 48.9 Å². The second-order valence-corrected chi connectivity index (χ2v) is 7.28. The zero-order chi connectivity index (χ0) is 18.1. The molecule has 2 rings (SSSR count). The molecular weight excluding hydrogens is 332 g/mol. The fraction of sp³-hybridized carbons (Fsp3) is 0.632. The van der Waals surface area contributed by atoms with Crippen LogP contribution in [0.1, 0.15) is 24.0 Å². The molecule has 0 aliphatic heterocycles. The number of nitrogens with one attached hydrogen (secondary N) is 2. The van der Waals surface area contributed by atoms with Gasteiger partial charge in [0.05, 0.1) is 6.61 Å². The van der Waals surface area contributed by atoms with E-state index in [9.17, 15) is 0 Å². The molecule has 0 aromatic heterocycles. The van der Waals surface area contributed by atoms with E-state index < -0.39 is 0 Å². The molecule has 0 heterocycles. The number of aliphatic imine (C=N–C) groups is 1. The van der Waals surface area contributed by atoms with Crippen LogP contribution in [0, 0.1) is 6.92 Å². The van der Waals surface area contributed by atoms with Crippen LogP contribution in [0.25, 0.3) is 0 Å². The zero-order valence-electron chi connectivity index (χ0n) is 16.0. The van der Waals surface area contributed by atoms with Crippen LogP contribution in [-0.4, -0.2) is 63.6 Å². The van der Waals surface area contributed by atoms with E-state index in [0.29, 0.717) is 0 Å². The number of hydrogen-bond acceptors (Lipinski definition) is 4. The maximum atomic E-state index is 5.22. The smallest absolute Gasteiger partial charge is 0.191 e. The van der Waals surface area contributed by atoms with Gasteiger partial charge < -0.3 is 15.4 Å². The maximum absolute atomic E-state index is 5.22. The van der Waals surface area contributed by atoms with Crippen LogP contribution < -0.4 is 10.6 Å². The summed E-state index contributed by atoms with van der Waals surface area (Å²) in [6, 6.07) is 7.35. The van der Waals surface area contributed by atoms with Gasteiger partial charge in [-0.2, -0.15) is 0 Å². The first kappa shape index (κ1) is 20.1. The second-order valence-electron chi connectivity index (χ2n) is 6.43. The van der Waals surface area contributed by atoms with Crippen molar-refractivity contribution in [2.75, 3.05) is 46.7 Å². The Morgan fingerprint density at radius 2 is 2.12 bits per heavy atom. The lowest BCUT2D eigenvalue weighted by molar-refractivity contribution is 0.144. The van der Waals surface area contributed by atoms with Gasteiger partial charge in [-0.1, -0.05) is 12.1 Å². The molecule has 5 nitrogen and oxygen atoms in total. The van der Waals surface area contributed by atoms with E-state index in [1.54, 1.807) is 18.9 Å². The molecule has 0 spiro atoms. The first-order chi connectivity index (χ1) is 12.2. The largest absolute Gasteiger partial charge is 0.383 e. The van der Waals surface area contributed by atoms with E-state index >= 15 is 0 Å². The minimum Gasteiger partial charge on any atom is -0.383 e. The van der Waals surface area contributed by atoms with Crippen LogP contribution >= 0.6 is 11.8 Å². The van der Waals surface area contributed by atoms with Crippen LogP contribution in [-0.2, 0) is 11.3 Å². The number of thioether (sulfide) groups is 1. The van der Waals surface area contributed by atoms with E-state index in [-0.39, 0.29) is 0 Å². The van der Waals surface area contributed by atoms with Gasteiger partial charge in [0.25, 0.3) is 0 Å². The van der Waals surface area contributed by atoms with Gasteiger partial charge in [0.1, 0.15) is 0 Å². The van der Waals surface area contributed by atoms with Gasteiger partial charge in [0.15, 0.2) is 5.96 Å². The molecule has 1 aliphatic rings. The highest BCUT2D eigenvalue weighted by Crippen LogP contribution is 2.26.